The molecule has 0 atom stereocenters. The second-order valence-corrected chi connectivity index (χ2v) is 4.14. The Hall–Kier alpha value is -3.09. The first-order valence-corrected chi connectivity index (χ1v) is 5.98. The molecular formula is C14H8FN3O3. The van der Waals surface area contributed by atoms with Crippen molar-refractivity contribution in [3.8, 4) is 11.6 Å². The fourth-order valence-electron chi connectivity index (χ4n) is 1.93. The van der Waals surface area contributed by atoms with Crippen LogP contribution in [0.4, 0.5) is 10.1 Å². The summed E-state index contributed by atoms with van der Waals surface area (Å²) in [5.74, 6) is -0.285. The van der Waals surface area contributed by atoms with Crippen LogP contribution in [0.5, 0.6) is 11.6 Å². The summed E-state index contributed by atoms with van der Waals surface area (Å²) in [5, 5.41) is 11.4. The van der Waals surface area contributed by atoms with E-state index in [0.717, 1.165) is 0 Å². The van der Waals surface area contributed by atoms with Crippen LogP contribution in [0.1, 0.15) is 0 Å². The van der Waals surface area contributed by atoms with Crippen molar-refractivity contribution in [3.63, 3.8) is 0 Å². The van der Waals surface area contributed by atoms with Crippen molar-refractivity contribution in [1.29, 1.82) is 0 Å². The number of nitrogens with zero attached hydrogens (tertiary/aromatic N) is 3. The predicted octanol–water partition coefficient (Wildman–Crippen LogP) is 3.47. The molecule has 0 aliphatic carbocycles. The molecule has 0 fully saturated rings. The number of hydrogen-bond acceptors (Lipinski definition) is 5. The Labute approximate surface area is 118 Å². The van der Waals surface area contributed by atoms with Crippen molar-refractivity contribution in [2.24, 2.45) is 0 Å². The van der Waals surface area contributed by atoms with Crippen molar-refractivity contribution >= 4 is 16.6 Å². The van der Waals surface area contributed by atoms with E-state index in [1.807, 2.05) is 0 Å². The Morgan fingerprint density at radius 1 is 1.14 bits per heavy atom. The van der Waals surface area contributed by atoms with E-state index >= 15 is 0 Å². The van der Waals surface area contributed by atoms with E-state index in [2.05, 4.69) is 9.97 Å². The minimum Gasteiger partial charge on any atom is -0.438 e. The number of halogens is 1. The molecule has 0 bridgehead atoms. The van der Waals surface area contributed by atoms with Crippen molar-refractivity contribution in [2.75, 3.05) is 0 Å². The minimum atomic E-state index is -0.670. The molecule has 0 saturated carbocycles. The first-order chi connectivity index (χ1) is 10.1. The molecule has 6 nitrogen and oxygen atoms in total. The lowest BCUT2D eigenvalue weighted by Gasteiger charge is -2.07. The van der Waals surface area contributed by atoms with Crippen LogP contribution >= 0.6 is 0 Å². The molecule has 0 radical (unpaired) electrons. The Balaban J connectivity index is 2.12. The van der Waals surface area contributed by atoms with Crippen molar-refractivity contribution in [2.45, 2.75) is 0 Å². The summed E-state index contributed by atoms with van der Waals surface area (Å²) >= 11 is 0. The van der Waals surface area contributed by atoms with Gasteiger partial charge in [0, 0.05) is 18.3 Å². The maximum absolute atomic E-state index is 13.1. The number of fused-ring (bicyclic) bond motifs is 1. The Morgan fingerprint density at radius 2 is 2.00 bits per heavy atom. The number of nitro benzene ring substituents is 1. The van der Waals surface area contributed by atoms with Crippen LogP contribution in [0, 0.1) is 16.1 Å². The summed E-state index contributed by atoms with van der Waals surface area (Å²) in [6, 6.07) is 10.2. The van der Waals surface area contributed by atoms with Gasteiger partial charge in [-0.25, -0.2) is 4.98 Å². The molecule has 2 aromatic heterocycles. The fraction of sp³-hybridized carbons (Fsp3) is 0. The van der Waals surface area contributed by atoms with E-state index < -0.39 is 10.9 Å². The smallest absolute Gasteiger partial charge is 0.295 e. The van der Waals surface area contributed by atoms with E-state index in [9.17, 15) is 14.5 Å². The van der Waals surface area contributed by atoms with Gasteiger partial charge in [0.2, 0.25) is 11.8 Å². The monoisotopic (exact) mass is 285 g/mol. The lowest BCUT2D eigenvalue weighted by atomic mass is 10.1. The number of rotatable bonds is 3. The van der Waals surface area contributed by atoms with Gasteiger partial charge in [0.05, 0.1) is 10.3 Å². The molecule has 0 aliphatic heterocycles. The summed E-state index contributed by atoms with van der Waals surface area (Å²) in [4.78, 5) is 18.1. The number of non-ortho nitro benzene ring substituents is 1. The van der Waals surface area contributed by atoms with Gasteiger partial charge >= 0.3 is 0 Å². The molecule has 3 aromatic rings. The molecule has 3 rings (SSSR count). The maximum atomic E-state index is 13.1. The molecule has 21 heavy (non-hydrogen) atoms. The molecule has 1 aromatic carbocycles. The number of nitro groups is 1. The highest BCUT2D eigenvalue weighted by atomic mass is 19.1. The van der Waals surface area contributed by atoms with E-state index in [1.165, 1.54) is 36.5 Å². The number of hydrogen-bond donors (Lipinski definition) is 0. The second-order valence-electron chi connectivity index (χ2n) is 4.14. The van der Waals surface area contributed by atoms with Gasteiger partial charge in [-0.05, 0) is 24.3 Å². The number of benzene rings is 1. The lowest BCUT2D eigenvalue weighted by Crippen LogP contribution is -1.95. The molecule has 0 N–H and O–H groups in total. The Kier molecular flexibility index (Phi) is 3.15. The van der Waals surface area contributed by atoms with Gasteiger partial charge in [-0.1, -0.05) is 6.07 Å². The van der Waals surface area contributed by atoms with Crippen LogP contribution < -0.4 is 4.74 Å². The Morgan fingerprint density at radius 3 is 2.76 bits per heavy atom. The highest BCUT2D eigenvalue weighted by Gasteiger charge is 2.16. The van der Waals surface area contributed by atoms with Crippen LogP contribution in [-0.4, -0.2) is 14.9 Å². The van der Waals surface area contributed by atoms with Gasteiger partial charge in [-0.3, -0.25) is 10.1 Å². The zero-order chi connectivity index (χ0) is 14.8. The summed E-state index contributed by atoms with van der Waals surface area (Å²) in [6.45, 7) is 0. The van der Waals surface area contributed by atoms with Gasteiger partial charge in [-0.15, -0.1) is 0 Å². The number of pyridine rings is 2. The van der Waals surface area contributed by atoms with Gasteiger partial charge in [0.25, 0.3) is 5.69 Å². The maximum Gasteiger partial charge on any atom is 0.295 e. The van der Waals surface area contributed by atoms with Crippen LogP contribution in [0.25, 0.3) is 10.9 Å². The van der Waals surface area contributed by atoms with Gasteiger partial charge in [-0.2, -0.15) is 9.37 Å². The average Bonchev–Trinajstić information content (AvgIpc) is 2.47. The summed E-state index contributed by atoms with van der Waals surface area (Å²) < 4.78 is 18.6. The SMILES string of the molecule is O=[N+]([O-])c1ccc(Oc2cccc(F)n2)c2cccnc12. The third kappa shape index (κ3) is 2.48. The van der Waals surface area contributed by atoms with Gasteiger partial charge in [0.1, 0.15) is 5.75 Å². The molecule has 2 heterocycles. The molecule has 0 aliphatic rings. The normalized spacial score (nSPS) is 10.5. The number of ether oxygens (including phenoxy) is 1. The van der Waals surface area contributed by atoms with E-state index in [4.69, 9.17) is 4.74 Å². The van der Waals surface area contributed by atoms with Crippen LogP contribution in [-0.2, 0) is 0 Å². The van der Waals surface area contributed by atoms with Crippen molar-refractivity contribution in [1.82, 2.24) is 9.97 Å². The molecule has 0 saturated heterocycles. The lowest BCUT2D eigenvalue weighted by molar-refractivity contribution is -0.383. The molecule has 7 heteroatoms. The second kappa shape index (κ2) is 5.12. The van der Waals surface area contributed by atoms with Crippen molar-refractivity contribution < 1.29 is 14.1 Å². The predicted molar refractivity (Wildman–Crippen MR) is 72.7 cm³/mol. The van der Waals surface area contributed by atoms with Crippen LogP contribution in [0.2, 0.25) is 0 Å². The van der Waals surface area contributed by atoms with E-state index in [-0.39, 0.29) is 17.1 Å². The van der Waals surface area contributed by atoms with Crippen LogP contribution in [0.15, 0.2) is 48.7 Å². The van der Waals surface area contributed by atoms with Crippen LogP contribution in [0.3, 0.4) is 0 Å². The number of aromatic nitrogens is 2. The largest absolute Gasteiger partial charge is 0.438 e. The summed E-state index contributed by atoms with van der Waals surface area (Å²) in [5.41, 5.74) is 0.0848. The highest BCUT2D eigenvalue weighted by Crippen LogP contribution is 2.33. The van der Waals surface area contributed by atoms with Gasteiger partial charge < -0.3 is 4.74 Å². The summed E-state index contributed by atoms with van der Waals surface area (Å²) in [7, 11) is 0. The van der Waals surface area contributed by atoms with Gasteiger partial charge in [0.15, 0.2) is 5.52 Å². The highest BCUT2D eigenvalue weighted by molar-refractivity contribution is 5.92. The molecule has 104 valence electrons. The molecule has 0 spiro atoms. The third-order valence-electron chi connectivity index (χ3n) is 2.81. The standard InChI is InChI=1S/C14H8FN3O3/c15-12-4-1-5-13(17-12)21-11-7-6-10(18(19)20)14-9(11)3-2-8-16-14/h1-8H. The zero-order valence-corrected chi connectivity index (χ0v) is 10.6. The topological polar surface area (TPSA) is 78.2 Å². The van der Waals surface area contributed by atoms with E-state index in [0.29, 0.717) is 11.1 Å². The molecule has 0 amide bonds. The first kappa shape index (κ1) is 12.9. The quantitative estimate of drug-likeness (QED) is 0.418. The molecule has 0 unspecified atom stereocenters. The fourth-order valence-corrected chi connectivity index (χ4v) is 1.93. The van der Waals surface area contributed by atoms with E-state index in [1.54, 1.807) is 12.1 Å². The van der Waals surface area contributed by atoms with Crippen molar-refractivity contribution in [3.05, 3.63) is 64.7 Å². The Bertz CT molecular complexity index is 839. The third-order valence-corrected chi connectivity index (χ3v) is 2.81. The molecular weight excluding hydrogens is 277 g/mol. The zero-order valence-electron chi connectivity index (χ0n) is 10.6. The summed E-state index contributed by atoms with van der Waals surface area (Å²) in [6.07, 6.45) is 1.46. The first-order valence-electron chi connectivity index (χ1n) is 5.98. The average molecular weight is 285 g/mol. The minimum absolute atomic E-state index is 0.0639.